The molecule has 1 heterocycles. The molecular weight excluding hydrogens is 380 g/mol. The van der Waals surface area contributed by atoms with Crippen LogP contribution in [0.15, 0.2) is 18.2 Å². The van der Waals surface area contributed by atoms with E-state index in [0.29, 0.717) is 4.88 Å². The van der Waals surface area contributed by atoms with Crippen LogP contribution < -0.4 is 4.74 Å². The largest absolute Gasteiger partial charge is 0.496 e. The molecule has 0 amide bonds. The van der Waals surface area contributed by atoms with E-state index in [0.717, 1.165) is 39.6 Å². The van der Waals surface area contributed by atoms with Crippen molar-refractivity contribution in [2.24, 2.45) is 5.92 Å². The zero-order valence-corrected chi connectivity index (χ0v) is 15.5. The van der Waals surface area contributed by atoms with Crippen LogP contribution >= 0.6 is 27.3 Å². The summed E-state index contributed by atoms with van der Waals surface area (Å²) in [5.74, 6) is -0.907. The number of carboxylic acids is 1. The quantitative estimate of drug-likeness (QED) is 0.523. The van der Waals surface area contributed by atoms with Gasteiger partial charge in [-0.2, -0.15) is 0 Å². The molecule has 0 fully saturated rings. The van der Waals surface area contributed by atoms with Gasteiger partial charge in [0.05, 0.1) is 17.9 Å². The second-order valence-corrected chi connectivity index (χ2v) is 7.35. The molecule has 0 aliphatic rings. The molecule has 2 aromatic rings. The Balaban J connectivity index is 2.30. The van der Waals surface area contributed by atoms with Gasteiger partial charge < -0.3 is 9.84 Å². The van der Waals surface area contributed by atoms with Gasteiger partial charge in [0.2, 0.25) is 0 Å². The number of benzene rings is 1. The van der Waals surface area contributed by atoms with Gasteiger partial charge in [-0.15, -0.1) is 11.3 Å². The molecule has 0 aliphatic carbocycles. The number of carbonyl (C=O) groups excluding carboxylic acids is 1. The Kier molecular flexibility index (Phi) is 6.18. The number of fused-ring (bicyclic) bond motifs is 1. The molecule has 0 saturated heterocycles. The lowest BCUT2D eigenvalue weighted by Gasteiger charge is -2.07. The minimum atomic E-state index is -0.946. The number of hydrogen-bond donors (Lipinski definition) is 1. The number of aliphatic carboxylic acids is 1. The normalized spacial score (nSPS) is 12.3. The van der Waals surface area contributed by atoms with Gasteiger partial charge in [-0.3, -0.25) is 9.59 Å². The number of rotatable bonds is 8. The van der Waals surface area contributed by atoms with Gasteiger partial charge in [0.15, 0.2) is 5.78 Å². The summed E-state index contributed by atoms with van der Waals surface area (Å²) < 4.78 is 6.43. The molecule has 6 heteroatoms. The Morgan fingerprint density at radius 1 is 1.35 bits per heavy atom. The Labute approximate surface area is 147 Å². The summed E-state index contributed by atoms with van der Waals surface area (Å²) in [6.45, 7) is 1.55. The molecule has 4 nitrogen and oxygen atoms in total. The number of halogens is 1. The molecule has 23 heavy (non-hydrogen) atoms. The van der Waals surface area contributed by atoms with E-state index >= 15 is 0 Å². The minimum absolute atomic E-state index is 0.0235. The third-order valence-electron chi connectivity index (χ3n) is 3.69. The number of Topliss-reactive ketones (excluding diaryl/α,β-unsaturated/α-hetero) is 1. The summed E-state index contributed by atoms with van der Waals surface area (Å²) in [4.78, 5) is 23.8. The van der Waals surface area contributed by atoms with Crippen molar-refractivity contribution in [2.75, 3.05) is 12.4 Å². The summed E-state index contributed by atoms with van der Waals surface area (Å²) in [7, 11) is 1.65. The Hall–Kier alpha value is -1.40. The van der Waals surface area contributed by atoms with Gasteiger partial charge in [0.25, 0.3) is 0 Å². The first kappa shape index (κ1) is 17.9. The van der Waals surface area contributed by atoms with E-state index in [9.17, 15) is 9.59 Å². The fourth-order valence-electron chi connectivity index (χ4n) is 2.36. The molecule has 1 aromatic carbocycles. The van der Waals surface area contributed by atoms with Crippen LogP contribution in [-0.4, -0.2) is 29.3 Å². The smallest absolute Gasteiger partial charge is 0.306 e. The van der Waals surface area contributed by atoms with E-state index in [-0.39, 0.29) is 12.2 Å². The van der Waals surface area contributed by atoms with Gasteiger partial charge in [-0.25, -0.2) is 0 Å². The number of aryl methyl sites for hydroxylation is 1. The lowest BCUT2D eigenvalue weighted by Crippen LogP contribution is -2.13. The molecule has 0 aliphatic heterocycles. The predicted molar refractivity (Wildman–Crippen MR) is 96.2 cm³/mol. The van der Waals surface area contributed by atoms with E-state index in [1.807, 2.05) is 12.1 Å². The molecule has 1 N–H and O–H groups in total. The summed E-state index contributed by atoms with van der Waals surface area (Å²) in [6, 6.07) is 5.87. The summed E-state index contributed by atoms with van der Waals surface area (Å²) >= 11 is 4.82. The average Bonchev–Trinajstić information content (AvgIpc) is 2.94. The van der Waals surface area contributed by atoms with Crippen molar-refractivity contribution < 1.29 is 19.4 Å². The number of carbonyl (C=O) groups is 2. The molecule has 0 spiro atoms. The molecular formula is C17H19BrO4S. The second kappa shape index (κ2) is 7.93. The zero-order chi connectivity index (χ0) is 17.0. The second-order valence-electron chi connectivity index (χ2n) is 5.47. The summed E-state index contributed by atoms with van der Waals surface area (Å²) in [5, 5.41) is 10.9. The molecule has 0 unspecified atom stereocenters. The topological polar surface area (TPSA) is 63.6 Å². The third kappa shape index (κ3) is 4.32. The maximum absolute atomic E-state index is 12.3. The van der Waals surface area contributed by atoms with Crippen LogP contribution in [0.5, 0.6) is 5.75 Å². The highest BCUT2D eigenvalue weighted by Gasteiger charge is 2.19. The fraction of sp³-hybridized carbons (Fsp3) is 0.412. The number of ketones is 1. The Bertz CT molecular complexity index is 723. The van der Waals surface area contributed by atoms with Crippen molar-refractivity contribution >= 4 is 49.1 Å². The van der Waals surface area contributed by atoms with Crippen LogP contribution in [0, 0.1) is 5.92 Å². The Morgan fingerprint density at radius 3 is 2.70 bits per heavy atom. The van der Waals surface area contributed by atoms with Crippen LogP contribution in [0.2, 0.25) is 0 Å². The van der Waals surface area contributed by atoms with E-state index in [4.69, 9.17) is 9.84 Å². The first-order valence-corrected chi connectivity index (χ1v) is 9.32. The van der Waals surface area contributed by atoms with Gasteiger partial charge in [0, 0.05) is 16.5 Å². The van der Waals surface area contributed by atoms with Crippen molar-refractivity contribution in [2.45, 2.75) is 26.2 Å². The van der Waals surface area contributed by atoms with Crippen molar-refractivity contribution in [3.05, 3.63) is 28.6 Å². The van der Waals surface area contributed by atoms with E-state index in [1.165, 1.54) is 11.3 Å². The van der Waals surface area contributed by atoms with Crippen LogP contribution in [0.4, 0.5) is 0 Å². The van der Waals surface area contributed by atoms with Crippen molar-refractivity contribution in [1.29, 1.82) is 0 Å². The third-order valence-corrected chi connectivity index (χ3v) is 5.39. The maximum Gasteiger partial charge on any atom is 0.306 e. The zero-order valence-electron chi connectivity index (χ0n) is 13.1. The number of methoxy groups -OCH3 is 1. The lowest BCUT2D eigenvalue weighted by molar-refractivity contribution is -0.141. The predicted octanol–water partition coefficient (Wildman–Crippen LogP) is 4.53. The molecule has 1 aromatic heterocycles. The SMILES string of the molecule is COc1cc2sc(C(=O)C[C@H](C)C(=O)O)cc2cc1CCCBr. The van der Waals surface area contributed by atoms with Crippen LogP contribution in [0.1, 0.15) is 35.0 Å². The number of alkyl halides is 1. The van der Waals surface area contributed by atoms with Gasteiger partial charge >= 0.3 is 5.97 Å². The maximum atomic E-state index is 12.3. The van der Waals surface area contributed by atoms with Gasteiger partial charge in [0.1, 0.15) is 5.75 Å². The first-order valence-electron chi connectivity index (χ1n) is 7.38. The Morgan fingerprint density at radius 2 is 2.09 bits per heavy atom. The molecule has 0 bridgehead atoms. The molecule has 2 rings (SSSR count). The van der Waals surface area contributed by atoms with Gasteiger partial charge in [-0.05, 0) is 42.0 Å². The summed E-state index contributed by atoms with van der Waals surface area (Å²) in [5.41, 5.74) is 1.12. The van der Waals surface area contributed by atoms with Gasteiger partial charge in [-0.1, -0.05) is 22.9 Å². The summed E-state index contributed by atoms with van der Waals surface area (Å²) in [6.07, 6.45) is 1.93. The van der Waals surface area contributed by atoms with Crippen molar-refractivity contribution in [3.8, 4) is 5.75 Å². The minimum Gasteiger partial charge on any atom is -0.496 e. The molecule has 1 atom stereocenters. The number of thiophene rings is 1. The van der Waals surface area contributed by atoms with Crippen LogP contribution in [-0.2, 0) is 11.2 Å². The standard InChI is InChI=1S/C17H19BrO4S/c1-10(17(20)21)6-13(19)16-8-12-7-11(4-3-5-18)14(22-2)9-15(12)23-16/h7-10H,3-6H2,1-2H3,(H,20,21)/t10-/m0/s1. The van der Waals surface area contributed by atoms with E-state index in [2.05, 4.69) is 22.0 Å². The lowest BCUT2D eigenvalue weighted by atomic mass is 10.0. The number of carboxylic acid groups (broad SMARTS) is 1. The fourth-order valence-corrected chi connectivity index (χ4v) is 3.66. The van der Waals surface area contributed by atoms with Crippen molar-refractivity contribution in [3.63, 3.8) is 0 Å². The molecule has 0 saturated carbocycles. The van der Waals surface area contributed by atoms with E-state index in [1.54, 1.807) is 14.0 Å². The molecule has 124 valence electrons. The first-order chi connectivity index (χ1) is 11.0. The number of hydrogen-bond acceptors (Lipinski definition) is 4. The van der Waals surface area contributed by atoms with E-state index < -0.39 is 11.9 Å². The highest BCUT2D eigenvalue weighted by atomic mass is 79.9. The van der Waals surface area contributed by atoms with Crippen LogP contribution in [0.25, 0.3) is 10.1 Å². The highest BCUT2D eigenvalue weighted by molar-refractivity contribution is 9.09. The van der Waals surface area contributed by atoms with Crippen LogP contribution in [0.3, 0.4) is 0 Å². The molecule has 0 radical (unpaired) electrons. The highest BCUT2D eigenvalue weighted by Crippen LogP contribution is 2.33. The average molecular weight is 399 g/mol. The monoisotopic (exact) mass is 398 g/mol. The number of ether oxygens (including phenoxy) is 1. The van der Waals surface area contributed by atoms with Crippen molar-refractivity contribution in [1.82, 2.24) is 0 Å².